The average molecular weight is 994 g/mol. The molecule has 0 aliphatic rings. The van der Waals surface area contributed by atoms with E-state index in [-0.39, 0.29) is 31.1 Å². The van der Waals surface area contributed by atoms with Crippen molar-refractivity contribution in [2.75, 3.05) is 13.2 Å². The van der Waals surface area contributed by atoms with Gasteiger partial charge in [0.1, 0.15) is 13.2 Å². The molecular weight excluding hydrogens is 877 g/mol. The van der Waals surface area contributed by atoms with E-state index in [1.54, 1.807) is 0 Å². The van der Waals surface area contributed by atoms with Crippen molar-refractivity contribution < 1.29 is 28.6 Å². The second-order valence-electron chi connectivity index (χ2n) is 20.6. The van der Waals surface area contributed by atoms with Crippen molar-refractivity contribution in [2.45, 2.75) is 322 Å². The van der Waals surface area contributed by atoms with Crippen LogP contribution in [-0.2, 0) is 28.6 Å². The lowest BCUT2D eigenvalue weighted by atomic mass is 10.0. The van der Waals surface area contributed by atoms with E-state index < -0.39 is 6.10 Å². The Morgan fingerprint density at radius 2 is 0.549 bits per heavy atom. The summed E-state index contributed by atoms with van der Waals surface area (Å²) in [6.45, 7) is 6.48. The number of hydrogen-bond acceptors (Lipinski definition) is 6. The summed E-state index contributed by atoms with van der Waals surface area (Å²) < 4.78 is 16.7. The molecular formula is C65H116O6. The molecule has 0 fully saturated rings. The largest absolute Gasteiger partial charge is 0.462 e. The fourth-order valence-corrected chi connectivity index (χ4v) is 8.94. The van der Waals surface area contributed by atoms with Gasteiger partial charge in [0.2, 0.25) is 0 Å². The lowest BCUT2D eigenvalue weighted by molar-refractivity contribution is -0.167. The fraction of sp³-hybridized carbons (Fsp3) is 0.800. The Kier molecular flexibility index (Phi) is 57.2. The third-order valence-corrected chi connectivity index (χ3v) is 13.5. The molecule has 0 bridgehead atoms. The molecule has 0 aliphatic heterocycles. The molecule has 0 spiro atoms. The Labute approximate surface area is 440 Å². The third-order valence-electron chi connectivity index (χ3n) is 13.5. The molecule has 0 aromatic rings. The predicted molar refractivity (Wildman–Crippen MR) is 307 cm³/mol. The van der Waals surface area contributed by atoms with Crippen molar-refractivity contribution in [1.29, 1.82) is 0 Å². The zero-order valence-electron chi connectivity index (χ0n) is 47.2. The monoisotopic (exact) mass is 993 g/mol. The Hall–Kier alpha value is -2.89. The van der Waals surface area contributed by atoms with E-state index in [1.807, 2.05) is 0 Å². The minimum absolute atomic E-state index is 0.0688. The maximum Gasteiger partial charge on any atom is 0.306 e. The minimum Gasteiger partial charge on any atom is -0.462 e. The van der Waals surface area contributed by atoms with Crippen LogP contribution in [0.5, 0.6) is 0 Å². The van der Waals surface area contributed by atoms with E-state index in [1.165, 1.54) is 180 Å². The number of esters is 3. The maximum absolute atomic E-state index is 12.8. The van der Waals surface area contributed by atoms with Crippen LogP contribution < -0.4 is 0 Å². The molecule has 0 saturated heterocycles. The van der Waals surface area contributed by atoms with Crippen LogP contribution in [0.3, 0.4) is 0 Å². The summed E-state index contributed by atoms with van der Waals surface area (Å²) in [7, 11) is 0. The number of carbonyl (C=O) groups excluding carboxylic acids is 3. The van der Waals surface area contributed by atoms with E-state index >= 15 is 0 Å². The molecule has 0 aliphatic carbocycles. The molecule has 6 heteroatoms. The molecule has 0 heterocycles. The second-order valence-corrected chi connectivity index (χ2v) is 20.6. The van der Waals surface area contributed by atoms with Crippen LogP contribution >= 0.6 is 0 Å². The molecule has 0 amide bonds. The lowest BCUT2D eigenvalue weighted by Gasteiger charge is -2.18. The number of carbonyl (C=O) groups is 3. The van der Waals surface area contributed by atoms with Gasteiger partial charge in [-0.3, -0.25) is 14.4 Å². The summed E-state index contributed by atoms with van der Waals surface area (Å²) in [6.07, 6.45) is 75.7. The number of ether oxygens (including phenoxy) is 3. The first kappa shape index (κ1) is 68.1. The molecule has 0 aromatic carbocycles. The Bertz CT molecular complexity index is 1280. The van der Waals surface area contributed by atoms with E-state index in [2.05, 4.69) is 81.5 Å². The fourth-order valence-electron chi connectivity index (χ4n) is 8.94. The first-order valence-electron chi connectivity index (χ1n) is 30.8. The van der Waals surface area contributed by atoms with Gasteiger partial charge in [0.05, 0.1) is 0 Å². The highest BCUT2D eigenvalue weighted by atomic mass is 16.6. The molecule has 1 atom stereocenters. The summed E-state index contributed by atoms with van der Waals surface area (Å²) in [6, 6.07) is 0. The predicted octanol–water partition coefficient (Wildman–Crippen LogP) is 20.8. The molecule has 0 radical (unpaired) electrons. The summed E-state index contributed by atoms with van der Waals surface area (Å²) in [5.74, 6) is -0.867. The van der Waals surface area contributed by atoms with Gasteiger partial charge in [-0.1, -0.05) is 293 Å². The second kappa shape index (κ2) is 59.7. The van der Waals surface area contributed by atoms with Crippen molar-refractivity contribution in [3.05, 3.63) is 60.8 Å². The Balaban J connectivity index is 3.92. The highest BCUT2D eigenvalue weighted by Crippen LogP contribution is 2.17. The molecule has 0 aromatic heterocycles. The number of rotatable bonds is 56. The summed E-state index contributed by atoms with van der Waals surface area (Å²) >= 11 is 0. The average Bonchev–Trinajstić information content (AvgIpc) is 3.37. The van der Waals surface area contributed by atoms with Crippen LogP contribution in [-0.4, -0.2) is 37.2 Å². The highest BCUT2D eigenvalue weighted by Gasteiger charge is 2.19. The van der Waals surface area contributed by atoms with Gasteiger partial charge in [-0.2, -0.15) is 0 Å². The standard InChI is InChI=1S/C65H116O6/c1-4-7-10-13-15-17-19-21-23-24-25-26-27-28-29-30-31-32-33-34-35-36-37-38-39-40-42-43-45-47-49-52-55-58-64(67)70-61-62(60-69-63(66)57-54-51-12-9-6-3)71-65(68)59-56-53-50-48-46-44-41-22-20-18-16-14-11-8-5-2/h7,10,15,17,21,23,25-26,28-29,62H,4-6,8-9,11-14,16,18-20,22,24,27,30-61H2,1-3H3/b10-7-,17-15-,23-21-,26-25-,29-28-. The summed E-state index contributed by atoms with van der Waals surface area (Å²) in [5.41, 5.74) is 0. The van der Waals surface area contributed by atoms with Gasteiger partial charge >= 0.3 is 17.9 Å². The van der Waals surface area contributed by atoms with Crippen LogP contribution in [0, 0.1) is 0 Å². The van der Waals surface area contributed by atoms with Gasteiger partial charge < -0.3 is 14.2 Å². The van der Waals surface area contributed by atoms with Crippen molar-refractivity contribution in [2.24, 2.45) is 0 Å². The molecule has 0 N–H and O–H groups in total. The van der Waals surface area contributed by atoms with E-state index in [4.69, 9.17) is 14.2 Å². The Morgan fingerprint density at radius 3 is 0.859 bits per heavy atom. The highest BCUT2D eigenvalue weighted by molar-refractivity contribution is 5.71. The molecule has 0 saturated carbocycles. The van der Waals surface area contributed by atoms with E-state index in [0.717, 1.165) is 96.3 Å². The zero-order valence-corrected chi connectivity index (χ0v) is 47.2. The SMILES string of the molecule is CC/C=C\C/C=C\C/C=C\C/C=C\C/C=C\CCCCCCCCCCCCCCCCCCCC(=O)OCC(COC(=O)CCCCCCC)OC(=O)CCCCCCCCCCCCCCCCC. The van der Waals surface area contributed by atoms with Crippen LogP contribution in [0.4, 0.5) is 0 Å². The summed E-state index contributed by atoms with van der Waals surface area (Å²) in [4.78, 5) is 37.8. The van der Waals surface area contributed by atoms with Gasteiger partial charge in [-0.15, -0.1) is 0 Å². The van der Waals surface area contributed by atoms with Crippen molar-refractivity contribution in [3.63, 3.8) is 0 Å². The molecule has 71 heavy (non-hydrogen) atoms. The van der Waals surface area contributed by atoms with Crippen molar-refractivity contribution in [3.8, 4) is 0 Å². The zero-order chi connectivity index (χ0) is 51.4. The van der Waals surface area contributed by atoms with Crippen LogP contribution in [0.15, 0.2) is 60.8 Å². The number of hydrogen-bond donors (Lipinski definition) is 0. The maximum atomic E-state index is 12.8. The molecule has 412 valence electrons. The van der Waals surface area contributed by atoms with Gasteiger partial charge in [0.15, 0.2) is 6.10 Å². The minimum atomic E-state index is -0.765. The molecule has 6 nitrogen and oxygen atoms in total. The molecule has 0 rings (SSSR count). The smallest absolute Gasteiger partial charge is 0.306 e. The van der Waals surface area contributed by atoms with Crippen LogP contribution in [0.25, 0.3) is 0 Å². The topological polar surface area (TPSA) is 78.9 Å². The number of unbranched alkanes of at least 4 members (excludes halogenated alkanes) is 35. The molecule has 1 unspecified atom stereocenters. The van der Waals surface area contributed by atoms with Crippen LogP contribution in [0.1, 0.15) is 316 Å². The number of allylic oxidation sites excluding steroid dienone is 10. The van der Waals surface area contributed by atoms with E-state index in [9.17, 15) is 14.4 Å². The van der Waals surface area contributed by atoms with Gasteiger partial charge in [-0.05, 0) is 64.2 Å². The van der Waals surface area contributed by atoms with Crippen molar-refractivity contribution >= 4 is 17.9 Å². The Morgan fingerprint density at radius 1 is 0.296 bits per heavy atom. The first-order chi connectivity index (χ1) is 35.0. The van der Waals surface area contributed by atoms with Crippen molar-refractivity contribution in [1.82, 2.24) is 0 Å². The lowest BCUT2D eigenvalue weighted by Crippen LogP contribution is -2.30. The summed E-state index contributed by atoms with van der Waals surface area (Å²) in [5, 5.41) is 0. The third kappa shape index (κ3) is 57.9. The quantitative estimate of drug-likeness (QED) is 0.0261. The van der Waals surface area contributed by atoms with Crippen LogP contribution in [0.2, 0.25) is 0 Å². The van der Waals surface area contributed by atoms with E-state index in [0.29, 0.717) is 19.3 Å². The first-order valence-corrected chi connectivity index (χ1v) is 30.8. The normalized spacial score (nSPS) is 12.4. The van der Waals surface area contributed by atoms with Gasteiger partial charge in [0, 0.05) is 19.3 Å². The van der Waals surface area contributed by atoms with Gasteiger partial charge in [-0.25, -0.2) is 0 Å². The van der Waals surface area contributed by atoms with Gasteiger partial charge in [0.25, 0.3) is 0 Å².